The summed E-state index contributed by atoms with van der Waals surface area (Å²) in [6.07, 6.45) is 3.65. The van der Waals surface area contributed by atoms with Crippen molar-refractivity contribution in [2.75, 3.05) is 13.2 Å². The van der Waals surface area contributed by atoms with Gasteiger partial charge in [-0.3, -0.25) is 4.79 Å². The molecule has 0 spiro atoms. The maximum atomic E-state index is 13.8. The van der Waals surface area contributed by atoms with Crippen molar-refractivity contribution in [3.05, 3.63) is 35.1 Å². The molecule has 1 aromatic carbocycles. The highest BCUT2D eigenvalue weighted by molar-refractivity contribution is 5.94. The fourth-order valence-corrected chi connectivity index (χ4v) is 3.19. The Labute approximate surface area is 120 Å². The molecule has 2 aliphatic rings. The van der Waals surface area contributed by atoms with Gasteiger partial charge in [-0.25, -0.2) is 13.2 Å². The van der Waals surface area contributed by atoms with Crippen molar-refractivity contribution >= 4 is 5.91 Å². The Hall–Kier alpha value is -1.56. The summed E-state index contributed by atoms with van der Waals surface area (Å²) in [7, 11) is 0. The van der Waals surface area contributed by atoms with Gasteiger partial charge in [0.15, 0.2) is 17.5 Å². The van der Waals surface area contributed by atoms with Gasteiger partial charge < -0.3 is 9.64 Å². The van der Waals surface area contributed by atoms with Crippen LogP contribution in [0, 0.1) is 17.5 Å². The molecule has 0 bridgehead atoms. The number of rotatable bonds is 1. The summed E-state index contributed by atoms with van der Waals surface area (Å²) in [6, 6.07) is 1.68. The van der Waals surface area contributed by atoms with Crippen LogP contribution in [0.4, 0.5) is 13.2 Å². The molecule has 1 heterocycles. The standard InChI is InChI=1S/C15H16F3NO2/c16-10-6-5-9(13(17)14(10)18)15(20)19-7-8-21-12-4-2-1-3-11(12)19/h5-6,11-12H,1-4,7-8H2/t11-,12-/m0/s1. The molecule has 0 radical (unpaired) electrons. The van der Waals surface area contributed by atoms with E-state index in [0.29, 0.717) is 13.2 Å². The molecule has 1 saturated carbocycles. The number of amides is 1. The monoisotopic (exact) mass is 299 g/mol. The number of nitrogens with zero attached hydrogens (tertiary/aromatic N) is 1. The minimum Gasteiger partial charge on any atom is -0.374 e. The topological polar surface area (TPSA) is 29.5 Å². The van der Waals surface area contributed by atoms with Crippen LogP contribution < -0.4 is 0 Å². The second kappa shape index (κ2) is 5.67. The Balaban J connectivity index is 1.89. The summed E-state index contributed by atoms with van der Waals surface area (Å²) < 4.78 is 45.7. The van der Waals surface area contributed by atoms with Gasteiger partial charge in [-0.1, -0.05) is 12.8 Å². The minimum atomic E-state index is -1.60. The van der Waals surface area contributed by atoms with E-state index in [-0.39, 0.29) is 12.1 Å². The quantitative estimate of drug-likeness (QED) is 0.746. The molecular formula is C15H16F3NO2. The third kappa shape index (κ3) is 2.52. The van der Waals surface area contributed by atoms with Crippen molar-refractivity contribution in [1.29, 1.82) is 0 Å². The minimum absolute atomic E-state index is 0.0372. The van der Waals surface area contributed by atoms with Gasteiger partial charge in [-0.2, -0.15) is 0 Å². The zero-order chi connectivity index (χ0) is 15.0. The molecule has 3 rings (SSSR count). The predicted molar refractivity (Wildman–Crippen MR) is 69.3 cm³/mol. The van der Waals surface area contributed by atoms with E-state index in [1.54, 1.807) is 4.90 Å². The molecule has 0 N–H and O–H groups in total. The third-order valence-electron chi connectivity index (χ3n) is 4.26. The Morgan fingerprint density at radius 2 is 1.90 bits per heavy atom. The van der Waals surface area contributed by atoms with E-state index in [4.69, 9.17) is 4.74 Å². The lowest BCUT2D eigenvalue weighted by Crippen LogP contribution is -2.55. The number of ether oxygens (including phenoxy) is 1. The predicted octanol–water partition coefficient (Wildman–Crippen LogP) is 2.89. The summed E-state index contributed by atoms with van der Waals surface area (Å²) in [6.45, 7) is 0.733. The molecule has 1 aromatic rings. The van der Waals surface area contributed by atoms with Gasteiger partial charge in [0.05, 0.1) is 24.3 Å². The molecule has 6 heteroatoms. The van der Waals surface area contributed by atoms with Crippen molar-refractivity contribution in [3.63, 3.8) is 0 Å². The molecule has 0 aromatic heterocycles. The van der Waals surface area contributed by atoms with E-state index in [0.717, 1.165) is 37.8 Å². The van der Waals surface area contributed by atoms with Crippen LogP contribution in [0.15, 0.2) is 12.1 Å². The second-order valence-electron chi connectivity index (χ2n) is 5.48. The van der Waals surface area contributed by atoms with E-state index < -0.39 is 28.9 Å². The SMILES string of the molecule is O=C(c1ccc(F)c(F)c1F)N1CCO[C@H]2CCCC[C@@H]21. The van der Waals surface area contributed by atoms with Crippen LogP contribution in [0.5, 0.6) is 0 Å². The maximum Gasteiger partial charge on any atom is 0.257 e. The maximum absolute atomic E-state index is 13.8. The van der Waals surface area contributed by atoms with Crippen molar-refractivity contribution < 1.29 is 22.7 Å². The molecular weight excluding hydrogens is 283 g/mol. The summed E-state index contributed by atoms with van der Waals surface area (Å²) in [4.78, 5) is 14.0. The normalized spacial score (nSPS) is 25.6. The smallest absolute Gasteiger partial charge is 0.257 e. The molecule has 2 atom stereocenters. The number of carbonyl (C=O) groups excluding carboxylic acids is 1. The number of benzene rings is 1. The lowest BCUT2D eigenvalue weighted by atomic mass is 9.89. The van der Waals surface area contributed by atoms with Crippen molar-refractivity contribution in [2.45, 2.75) is 37.8 Å². The first-order valence-electron chi connectivity index (χ1n) is 7.15. The zero-order valence-corrected chi connectivity index (χ0v) is 11.4. The molecule has 3 nitrogen and oxygen atoms in total. The first-order chi connectivity index (χ1) is 10.1. The average Bonchev–Trinajstić information content (AvgIpc) is 2.51. The highest BCUT2D eigenvalue weighted by Crippen LogP contribution is 2.30. The Morgan fingerprint density at radius 3 is 2.71 bits per heavy atom. The van der Waals surface area contributed by atoms with E-state index in [2.05, 4.69) is 0 Å². The van der Waals surface area contributed by atoms with Gasteiger partial charge in [0.1, 0.15) is 0 Å². The first kappa shape index (κ1) is 14.4. The molecule has 21 heavy (non-hydrogen) atoms. The van der Waals surface area contributed by atoms with Gasteiger partial charge in [-0.15, -0.1) is 0 Å². The summed E-state index contributed by atoms with van der Waals surface area (Å²) >= 11 is 0. The lowest BCUT2D eigenvalue weighted by molar-refractivity contribution is -0.0754. The van der Waals surface area contributed by atoms with Gasteiger partial charge in [0.25, 0.3) is 5.91 Å². The van der Waals surface area contributed by atoms with Crippen LogP contribution in [0.3, 0.4) is 0 Å². The largest absolute Gasteiger partial charge is 0.374 e. The summed E-state index contributed by atoms with van der Waals surface area (Å²) in [5.41, 5.74) is -0.417. The van der Waals surface area contributed by atoms with E-state index in [1.807, 2.05) is 0 Å². The number of morpholine rings is 1. The van der Waals surface area contributed by atoms with Crippen molar-refractivity contribution in [3.8, 4) is 0 Å². The van der Waals surface area contributed by atoms with E-state index >= 15 is 0 Å². The van der Waals surface area contributed by atoms with Gasteiger partial charge >= 0.3 is 0 Å². The highest BCUT2D eigenvalue weighted by Gasteiger charge is 2.38. The molecule has 1 saturated heterocycles. The number of hydrogen-bond acceptors (Lipinski definition) is 2. The van der Waals surface area contributed by atoms with Crippen LogP contribution >= 0.6 is 0 Å². The molecule has 0 unspecified atom stereocenters. The zero-order valence-electron chi connectivity index (χ0n) is 11.4. The van der Waals surface area contributed by atoms with Crippen LogP contribution in [0.1, 0.15) is 36.0 Å². The Morgan fingerprint density at radius 1 is 1.14 bits per heavy atom. The van der Waals surface area contributed by atoms with Crippen LogP contribution in [0.25, 0.3) is 0 Å². The van der Waals surface area contributed by atoms with Crippen LogP contribution in [0.2, 0.25) is 0 Å². The highest BCUT2D eigenvalue weighted by atomic mass is 19.2. The molecule has 114 valence electrons. The van der Waals surface area contributed by atoms with Gasteiger partial charge in [0, 0.05) is 6.54 Å². The lowest BCUT2D eigenvalue weighted by Gasteiger charge is -2.43. The molecule has 1 aliphatic heterocycles. The van der Waals surface area contributed by atoms with Crippen LogP contribution in [-0.2, 0) is 4.74 Å². The number of carbonyl (C=O) groups is 1. The fraction of sp³-hybridized carbons (Fsp3) is 0.533. The van der Waals surface area contributed by atoms with Crippen molar-refractivity contribution in [2.24, 2.45) is 0 Å². The molecule has 1 aliphatic carbocycles. The van der Waals surface area contributed by atoms with Gasteiger partial charge in [0.2, 0.25) is 0 Å². The Bertz CT molecular complexity index is 562. The fourth-order valence-electron chi connectivity index (χ4n) is 3.19. The van der Waals surface area contributed by atoms with E-state index in [1.165, 1.54) is 0 Å². The number of halogens is 3. The second-order valence-corrected chi connectivity index (χ2v) is 5.48. The molecule has 2 fully saturated rings. The third-order valence-corrected chi connectivity index (χ3v) is 4.26. The summed E-state index contributed by atoms with van der Waals surface area (Å²) in [5, 5.41) is 0. The Kier molecular flexibility index (Phi) is 3.89. The number of hydrogen-bond donors (Lipinski definition) is 0. The number of fused-ring (bicyclic) bond motifs is 1. The van der Waals surface area contributed by atoms with E-state index in [9.17, 15) is 18.0 Å². The summed E-state index contributed by atoms with van der Waals surface area (Å²) in [5.74, 6) is -4.90. The van der Waals surface area contributed by atoms with Crippen molar-refractivity contribution in [1.82, 2.24) is 4.90 Å². The van der Waals surface area contributed by atoms with Gasteiger partial charge in [-0.05, 0) is 25.0 Å². The van der Waals surface area contributed by atoms with Crippen LogP contribution in [-0.4, -0.2) is 36.1 Å². The first-order valence-corrected chi connectivity index (χ1v) is 7.15. The molecule has 1 amide bonds. The average molecular weight is 299 g/mol.